The second kappa shape index (κ2) is 4.69. The predicted octanol–water partition coefficient (Wildman–Crippen LogP) is 2.32. The van der Waals surface area contributed by atoms with Gasteiger partial charge in [-0.3, -0.25) is 4.98 Å². The minimum atomic E-state index is -0.541. The van der Waals surface area contributed by atoms with Crippen LogP contribution in [0.2, 0.25) is 0 Å². The summed E-state index contributed by atoms with van der Waals surface area (Å²) in [5.74, 6) is -0.127. The Hall–Kier alpha value is -2.42. The van der Waals surface area contributed by atoms with Gasteiger partial charge in [-0.2, -0.15) is 4.68 Å². The van der Waals surface area contributed by atoms with E-state index in [2.05, 4.69) is 14.9 Å². The van der Waals surface area contributed by atoms with Gasteiger partial charge in [0.05, 0.1) is 11.7 Å². The Kier molecular flexibility index (Phi) is 3.21. The van der Waals surface area contributed by atoms with Crippen LogP contribution in [0, 0.1) is 6.57 Å². The summed E-state index contributed by atoms with van der Waals surface area (Å²) in [5, 5.41) is 4.79. The zero-order chi connectivity index (χ0) is 14.0. The molecule has 98 valence electrons. The molecule has 0 aliphatic rings. The molecular formula is C13H14N4O2. The van der Waals surface area contributed by atoms with Gasteiger partial charge in [0.2, 0.25) is 0 Å². The number of pyridine rings is 1. The molecule has 0 saturated heterocycles. The monoisotopic (exact) mass is 258 g/mol. The molecule has 0 atom stereocenters. The van der Waals surface area contributed by atoms with Gasteiger partial charge >= 0.3 is 11.8 Å². The van der Waals surface area contributed by atoms with Crippen molar-refractivity contribution < 1.29 is 9.53 Å². The average molecular weight is 258 g/mol. The summed E-state index contributed by atoms with van der Waals surface area (Å²) >= 11 is 0. The number of ether oxygens (including phenoxy) is 1. The fourth-order valence-electron chi connectivity index (χ4n) is 1.70. The van der Waals surface area contributed by atoms with Crippen LogP contribution in [0.5, 0.6) is 0 Å². The molecule has 2 aromatic heterocycles. The number of hydrogen-bond donors (Lipinski definition) is 0. The van der Waals surface area contributed by atoms with Crippen molar-refractivity contribution in [2.75, 3.05) is 0 Å². The maximum absolute atomic E-state index is 11.8. The third-order valence-electron chi connectivity index (χ3n) is 2.34. The van der Waals surface area contributed by atoms with Crippen LogP contribution in [0.15, 0.2) is 18.5 Å². The first-order valence-electron chi connectivity index (χ1n) is 5.80. The first-order valence-corrected chi connectivity index (χ1v) is 5.80. The molecule has 0 aliphatic heterocycles. The number of aromatic nitrogens is 3. The van der Waals surface area contributed by atoms with E-state index in [1.807, 2.05) is 0 Å². The molecule has 2 aromatic rings. The van der Waals surface area contributed by atoms with Crippen LogP contribution in [0.3, 0.4) is 0 Å². The molecule has 0 saturated carbocycles. The minimum absolute atomic E-state index is 0.0328. The van der Waals surface area contributed by atoms with Gasteiger partial charge < -0.3 is 9.58 Å². The van der Waals surface area contributed by atoms with Crippen LogP contribution in [-0.2, 0) is 16.1 Å². The van der Waals surface area contributed by atoms with Crippen molar-refractivity contribution in [1.29, 1.82) is 0 Å². The van der Waals surface area contributed by atoms with Crippen molar-refractivity contribution in [1.82, 2.24) is 14.8 Å². The highest BCUT2D eigenvalue weighted by Crippen LogP contribution is 2.24. The summed E-state index contributed by atoms with van der Waals surface area (Å²) in [5.41, 5.74) is 0.111. The van der Waals surface area contributed by atoms with E-state index >= 15 is 0 Å². The van der Waals surface area contributed by atoms with Gasteiger partial charge in [0.15, 0.2) is 6.54 Å². The molecule has 0 unspecified atom stereocenters. The molecule has 0 N–H and O–H groups in total. The normalized spacial score (nSPS) is 11.3. The Morgan fingerprint density at radius 2 is 2.26 bits per heavy atom. The number of esters is 1. The highest BCUT2D eigenvalue weighted by molar-refractivity contribution is 5.90. The van der Waals surface area contributed by atoms with Gasteiger partial charge in [-0.05, 0) is 31.9 Å². The standard InChI is InChI=1S/C13H14N4O2/c1-13(2,3)19-11(18)8-17-10-7-15-6-5-9(10)12(14-4)16-17/h5-7H,8H2,1-3H3. The Labute approximate surface area is 110 Å². The third kappa shape index (κ3) is 2.88. The number of carbonyl (C=O) groups is 1. The van der Waals surface area contributed by atoms with Crippen molar-refractivity contribution >= 4 is 22.7 Å². The zero-order valence-corrected chi connectivity index (χ0v) is 11.0. The van der Waals surface area contributed by atoms with Crippen LogP contribution in [0.25, 0.3) is 15.7 Å². The topological polar surface area (TPSA) is 61.4 Å². The minimum Gasteiger partial charge on any atom is -0.459 e. The zero-order valence-electron chi connectivity index (χ0n) is 11.0. The van der Waals surface area contributed by atoms with Gasteiger partial charge in [-0.15, -0.1) is 0 Å². The quantitative estimate of drug-likeness (QED) is 0.612. The molecule has 0 bridgehead atoms. The summed E-state index contributed by atoms with van der Waals surface area (Å²) < 4.78 is 6.68. The maximum Gasteiger partial charge on any atom is 0.330 e. The Morgan fingerprint density at radius 1 is 1.53 bits per heavy atom. The molecule has 6 nitrogen and oxygen atoms in total. The van der Waals surface area contributed by atoms with E-state index in [9.17, 15) is 4.79 Å². The number of rotatable bonds is 2. The van der Waals surface area contributed by atoms with Crippen LogP contribution < -0.4 is 0 Å². The smallest absolute Gasteiger partial charge is 0.330 e. The number of fused-ring (bicyclic) bond motifs is 1. The molecule has 6 heteroatoms. The van der Waals surface area contributed by atoms with Crippen LogP contribution in [-0.4, -0.2) is 26.3 Å². The Bertz CT molecular complexity index is 661. The van der Waals surface area contributed by atoms with Gasteiger partial charge in [-0.1, -0.05) is 6.57 Å². The SMILES string of the molecule is [C-]#[N+]c1nn(CC(=O)OC(C)(C)C)c2cnccc12. The average Bonchev–Trinajstić information content (AvgIpc) is 2.65. The van der Waals surface area contributed by atoms with E-state index in [0.29, 0.717) is 10.9 Å². The molecular weight excluding hydrogens is 244 g/mol. The summed E-state index contributed by atoms with van der Waals surface area (Å²) in [6, 6.07) is 1.71. The fraction of sp³-hybridized carbons (Fsp3) is 0.385. The molecule has 0 fully saturated rings. The molecule has 0 amide bonds. The molecule has 0 aromatic carbocycles. The van der Waals surface area contributed by atoms with Gasteiger partial charge in [0, 0.05) is 11.6 Å². The lowest BCUT2D eigenvalue weighted by atomic mass is 10.2. The number of carbonyl (C=O) groups excluding carboxylic acids is 1. The summed E-state index contributed by atoms with van der Waals surface area (Å²) in [4.78, 5) is 19.1. The lowest BCUT2D eigenvalue weighted by Gasteiger charge is -2.19. The number of nitrogens with zero attached hydrogens (tertiary/aromatic N) is 4. The van der Waals surface area contributed by atoms with Gasteiger partial charge in [0.25, 0.3) is 0 Å². The summed E-state index contributed by atoms with van der Waals surface area (Å²) in [6.07, 6.45) is 3.18. The lowest BCUT2D eigenvalue weighted by Crippen LogP contribution is -2.26. The number of hydrogen-bond acceptors (Lipinski definition) is 4. The van der Waals surface area contributed by atoms with Crippen molar-refractivity contribution in [3.05, 3.63) is 29.9 Å². The van der Waals surface area contributed by atoms with Crippen LogP contribution in [0.4, 0.5) is 5.82 Å². The Balaban J connectivity index is 2.32. The first kappa shape index (κ1) is 13.0. The highest BCUT2D eigenvalue weighted by Gasteiger charge is 2.20. The van der Waals surface area contributed by atoms with Gasteiger partial charge in [0.1, 0.15) is 5.60 Å². The van der Waals surface area contributed by atoms with Crippen molar-refractivity contribution in [3.8, 4) is 0 Å². The van der Waals surface area contributed by atoms with Crippen molar-refractivity contribution in [2.24, 2.45) is 0 Å². The van der Waals surface area contributed by atoms with Crippen molar-refractivity contribution in [3.63, 3.8) is 0 Å². The third-order valence-corrected chi connectivity index (χ3v) is 2.34. The molecule has 2 heterocycles. The molecule has 0 aliphatic carbocycles. The Morgan fingerprint density at radius 3 is 2.89 bits per heavy atom. The lowest BCUT2D eigenvalue weighted by molar-refractivity contribution is -0.155. The van der Waals surface area contributed by atoms with E-state index in [1.54, 1.807) is 39.2 Å². The van der Waals surface area contributed by atoms with E-state index < -0.39 is 11.6 Å². The first-order chi connectivity index (χ1) is 8.90. The van der Waals surface area contributed by atoms with Crippen LogP contribution >= 0.6 is 0 Å². The van der Waals surface area contributed by atoms with Crippen LogP contribution in [0.1, 0.15) is 20.8 Å². The van der Waals surface area contributed by atoms with E-state index in [-0.39, 0.29) is 12.4 Å². The highest BCUT2D eigenvalue weighted by atomic mass is 16.6. The molecule has 2 rings (SSSR count). The largest absolute Gasteiger partial charge is 0.459 e. The second-order valence-corrected chi connectivity index (χ2v) is 5.07. The van der Waals surface area contributed by atoms with E-state index in [4.69, 9.17) is 11.3 Å². The van der Waals surface area contributed by atoms with Gasteiger partial charge in [-0.25, -0.2) is 4.79 Å². The second-order valence-electron chi connectivity index (χ2n) is 5.07. The van der Waals surface area contributed by atoms with E-state index in [1.165, 1.54) is 4.68 Å². The molecule has 0 radical (unpaired) electrons. The molecule has 19 heavy (non-hydrogen) atoms. The fourth-order valence-corrected chi connectivity index (χ4v) is 1.70. The van der Waals surface area contributed by atoms with Crippen molar-refractivity contribution in [2.45, 2.75) is 32.9 Å². The predicted molar refractivity (Wildman–Crippen MR) is 69.6 cm³/mol. The summed E-state index contributed by atoms with van der Waals surface area (Å²) in [7, 11) is 0. The summed E-state index contributed by atoms with van der Waals surface area (Å²) in [6.45, 7) is 12.5. The maximum atomic E-state index is 11.8. The van der Waals surface area contributed by atoms with E-state index in [0.717, 1.165) is 0 Å². The molecule has 0 spiro atoms.